The molecule has 1 fully saturated rings. The van der Waals surface area contributed by atoms with E-state index in [-0.39, 0.29) is 13.2 Å². The molecule has 16 heteroatoms. The van der Waals surface area contributed by atoms with Crippen molar-refractivity contribution in [3.05, 3.63) is 24.3 Å². The summed E-state index contributed by atoms with van der Waals surface area (Å²) in [6, 6.07) is 1.07. The third-order valence-electron chi connectivity index (χ3n) is 5.30. The van der Waals surface area contributed by atoms with Gasteiger partial charge < -0.3 is 34.2 Å². The van der Waals surface area contributed by atoms with Gasteiger partial charge in [-0.05, 0) is 91.2 Å². The zero-order valence-electron chi connectivity index (χ0n) is 26.7. The van der Waals surface area contributed by atoms with Gasteiger partial charge in [-0.1, -0.05) is 13.2 Å². The van der Waals surface area contributed by atoms with Gasteiger partial charge in [0, 0.05) is 24.2 Å². The zero-order valence-corrected chi connectivity index (χ0v) is 32.7. The number of hydrogen-bond acceptors (Lipinski definition) is 10. The molecule has 1 aliphatic heterocycles. The zero-order chi connectivity index (χ0) is 31.2. The van der Waals surface area contributed by atoms with Crippen LogP contribution in [0, 0.1) is 0 Å². The van der Waals surface area contributed by atoms with Crippen LogP contribution in [0.25, 0.3) is 0 Å². The Balaban J connectivity index is 3.34. The second-order valence-corrected chi connectivity index (χ2v) is 35.2. The molecular formula is C24H52O10Si6. The molecule has 0 unspecified atom stereocenters. The molecule has 1 heterocycles. The van der Waals surface area contributed by atoms with Crippen LogP contribution in [0.5, 0.6) is 0 Å². The number of hydrogen-bond donors (Lipinski definition) is 0. The Kier molecular flexibility index (Phi) is 13.4. The molecule has 1 rings (SSSR count). The molecular weight excluding hydrogens is 617 g/mol. The van der Waals surface area contributed by atoms with E-state index in [0.717, 1.165) is 0 Å². The van der Waals surface area contributed by atoms with Crippen LogP contribution in [0.3, 0.4) is 0 Å². The van der Waals surface area contributed by atoms with Gasteiger partial charge in [-0.2, -0.15) is 0 Å². The molecule has 0 aromatic rings. The Bertz CT molecular complexity index is 844. The van der Waals surface area contributed by atoms with E-state index in [1.54, 1.807) is 13.8 Å². The molecule has 0 bridgehead atoms. The summed E-state index contributed by atoms with van der Waals surface area (Å²) in [6.07, 6.45) is 1.08. The fourth-order valence-electron chi connectivity index (χ4n) is 4.41. The van der Waals surface area contributed by atoms with E-state index in [0.29, 0.717) is 36.1 Å². The van der Waals surface area contributed by atoms with Crippen LogP contribution in [0.2, 0.25) is 77.6 Å². The molecule has 0 amide bonds. The fraction of sp³-hybridized carbons (Fsp3) is 0.750. The first-order valence-electron chi connectivity index (χ1n) is 13.8. The summed E-state index contributed by atoms with van der Waals surface area (Å²) in [5, 5.41) is 0. The van der Waals surface area contributed by atoms with Gasteiger partial charge in [0.1, 0.15) is 0 Å². The van der Waals surface area contributed by atoms with Crippen molar-refractivity contribution in [3.8, 4) is 0 Å². The van der Waals surface area contributed by atoms with Gasteiger partial charge in [-0.3, -0.25) is 0 Å². The Labute approximate surface area is 248 Å². The van der Waals surface area contributed by atoms with Crippen molar-refractivity contribution in [2.24, 2.45) is 0 Å². The minimum absolute atomic E-state index is 0.221. The van der Waals surface area contributed by atoms with Gasteiger partial charge in [0.15, 0.2) is 16.6 Å². The van der Waals surface area contributed by atoms with Crippen LogP contribution in [0.4, 0.5) is 0 Å². The fourth-order valence-corrected chi connectivity index (χ4v) is 33.4. The molecule has 0 N–H and O–H groups in total. The highest BCUT2D eigenvalue weighted by Gasteiger charge is 2.60. The summed E-state index contributed by atoms with van der Waals surface area (Å²) in [5.41, 5.74) is 0.712. The van der Waals surface area contributed by atoms with E-state index in [4.69, 9.17) is 34.2 Å². The smallest absolute Gasteiger partial charge is 0.462 e. The first-order valence-corrected chi connectivity index (χ1v) is 30.1. The predicted octanol–water partition coefficient (Wildman–Crippen LogP) is 6.07. The standard InChI is InChI=1S/C24H52O10Si6/c1-21(2)23(25)27-17-15-19-37(11)31-39(13,29-35(5,6)7)33-38(12,20-16-18-28-24(26)22(3)4)34-40(14,32-37)30-36(8,9)10/h1,3,15-20H2,2,4-14H3. The third-order valence-corrected chi connectivity index (χ3v) is 28.5. The Morgan fingerprint density at radius 3 is 1.12 bits per heavy atom. The monoisotopic (exact) mass is 668 g/mol. The van der Waals surface area contributed by atoms with Crippen molar-refractivity contribution in [1.29, 1.82) is 0 Å². The van der Waals surface area contributed by atoms with Gasteiger partial charge in [0.25, 0.3) is 0 Å². The second kappa shape index (κ2) is 14.3. The molecule has 1 aliphatic rings. The van der Waals surface area contributed by atoms with Crippen LogP contribution in [-0.2, 0) is 43.8 Å². The van der Waals surface area contributed by atoms with Gasteiger partial charge in [0.2, 0.25) is 0 Å². The summed E-state index contributed by atoms with van der Waals surface area (Å²) in [7, 11) is -16.8. The van der Waals surface area contributed by atoms with E-state index in [1.165, 1.54) is 0 Å². The lowest BCUT2D eigenvalue weighted by Gasteiger charge is -2.50. The minimum atomic E-state index is -3.28. The maximum Gasteiger partial charge on any atom is 0.469 e. The van der Waals surface area contributed by atoms with Crippen LogP contribution in [0.1, 0.15) is 26.7 Å². The van der Waals surface area contributed by atoms with Crippen molar-refractivity contribution >= 4 is 63.3 Å². The van der Waals surface area contributed by atoms with Crippen LogP contribution in [0.15, 0.2) is 24.3 Å². The highest BCUT2D eigenvalue weighted by Crippen LogP contribution is 2.38. The number of esters is 2. The van der Waals surface area contributed by atoms with Crippen molar-refractivity contribution in [1.82, 2.24) is 0 Å². The van der Waals surface area contributed by atoms with Crippen molar-refractivity contribution in [2.75, 3.05) is 13.2 Å². The molecule has 0 saturated carbocycles. The van der Waals surface area contributed by atoms with Crippen molar-refractivity contribution in [2.45, 2.75) is 104 Å². The van der Waals surface area contributed by atoms with E-state index >= 15 is 0 Å². The minimum Gasteiger partial charge on any atom is -0.462 e. The Morgan fingerprint density at radius 2 is 0.900 bits per heavy atom. The molecule has 0 aromatic carbocycles. The molecule has 0 spiro atoms. The highest BCUT2D eigenvalue weighted by molar-refractivity contribution is 6.95. The first-order chi connectivity index (χ1) is 17.9. The molecule has 0 aromatic heterocycles. The van der Waals surface area contributed by atoms with Gasteiger partial charge in [0.05, 0.1) is 13.2 Å². The van der Waals surface area contributed by atoms with E-state index in [1.807, 2.05) is 26.2 Å². The van der Waals surface area contributed by atoms with E-state index in [9.17, 15) is 9.59 Å². The van der Waals surface area contributed by atoms with Crippen LogP contribution in [-0.4, -0.2) is 76.5 Å². The Hall–Kier alpha value is -0.519. The van der Waals surface area contributed by atoms with Crippen LogP contribution >= 0.6 is 0 Å². The van der Waals surface area contributed by atoms with Crippen molar-refractivity contribution < 1.29 is 43.8 Å². The second-order valence-electron chi connectivity index (χ2n) is 12.9. The number of carbonyl (C=O) groups excluding carboxylic acids is 2. The largest absolute Gasteiger partial charge is 0.469 e. The van der Waals surface area contributed by atoms with E-state index in [2.05, 4.69) is 52.4 Å². The number of carbonyl (C=O) groups is 2. The molecule has 0 aliphatic carbocycles. The normalized spacial score (nSPS) is 29.7. The maximum atomic E-state index is 11.9. The topological polar surface area (TPSA) is 108 Å². The lowest BCUT2D eigenvalue weighted by molar-refractivity contribution is -0.139. The molecule has 0 atom stereocenters. The lowest BCUT2D eigenvalue weighted by Crippen LogP contribution is -2.71. The van der Waals surface area contributed by atoms with Gasteiger partial charge in [-0.25, -0.2) is 9.59 Å². The number of rotatable bonds is 14. The van der Waals surface area contributed by atoms with Gasteiger partial charge in [-0.15, -0.1) is 0 Å². The first kappa shape index (κ1) is 37.5. The molecule has 232 valence electrons. The van der Waals surface area contributed by atoms with Crippen LogP contribution < -0.4 is 0 Å². The summed E-state index contributed by atoms with van der Waals surface area (Å²) in [5.74, 6) is -0.840. The molecule has 10 nitrogen and oxygen atoms in total. The quantitative estimate of drug-likeness (QED) is 0.0937. The summed E-state index contributed by atoms with van der Waals surface area (Å²) >= 11 is 0. The average molecular weight is 669 g/mol. The predicted molar refractivity (Wildman–Crippen MR) is 170 cm³/mol. The summed E-state index contributed by atoms with van der Waals surface area (Å²) in [4.78, 5) is 23.8. The van der Waals surface area contributed by atoms with Crippen molar-refractivity contribution in [3.63, 3.8) is 0 Å². The Morgan fingerprint density at radius 1 is 0.625 bits per heavy atom. The number of ether oxygens (including phenoxy) is 2. The van der Waals surface area contributed by atoms with Gasteiger partial charge >= 0.3 is 46.7 Å². The summed E-state index contributed by atoms with van der Waals surface area (Å²) < 4.78 is 51.5. The summed E-state index contributed by atoms with van der Waals surface area (Å²) in [6.45, 7) is 31.3. The molecule has 1 saturated heterocycles. The third kappa shape index (κ3) is 14.1. The lowest BCUT2D eigenvalue weighted by atomic mass is 10.4. The van der Waals surface area contributed by atoms with E-state index < -0.39 is 63.3 Å². The molecule has 0 radical (unpaired) electrons. The SMILES string of the molecule is C=C(C)C(=O)OCCC[Si]1(C)O[Si](C)(O[Si](C)(C)C)O[Si](C)(CCCOC(=O)C(=C)C)O[Si](C)(O[Si](C)(C)C)O1. The highest BCUT2D eigenvalue weighted by atomic mass is 28.6. The maximum absolute atomic E-state index is 11.9. The molecule has 40 heavy (non-hydrogen) atoms. The average Bonchev–Trinajstić information content (AvgIpc) is 2.68.